The number of aryl methyl sites for hydroxylation is 1. The van der Waals surface area contributed by atoms with Crippen LogP contribution in [-0.2, 0) is 25.5 Å². The van der Waals surface area contributed by atoms with Crippen molar-refractivity contribution in [2.24, 2.45) is 5.92 Å². The van der Waals surface area contributed by atoms with E-state index in [0.717, 1.165) is 38.0 Å². The third-order valence-corrected chi connectivity index (χ3v) is 8.00. The molecule has 1 aromatic rings. The number of carbonyl (C=O) groups is 3. The summed E-state index contributed by atoms with van der Waals surface area (Å²) in [4.78, 5) is 44.8. The summed E-state index contributed by atoms with van der Waals surface area (Å²) in [7, 11) is 0. The first-order valence-corrected chi connectivity index (χ1v) is 14.2. The Labute approximate surface area is 221 Å². The first-order valence-electron chi connectivity index (χ1n) is 14.2. The van der Waals surface area contributed by atoms with Crippen LogP contribution in [0, 0.1) is 5.92 Å². The molecule has 0 aliphatic carbocycles. The highest BCUT2D eigenvalue weighted by Gasteiger charge is 2.31. The number of benzene rings is 1. The number of hydrogen-bond acceptors (Lipinski definition) is 5. The molecule has 1 atom stereocenters. The summed E-state index contributed by atoms with van der Waals surface area (Å²) < 4.78 is 11.3. The Balaban J connectivity index is 1.40. The molecule has 0 N–H and O–H groups in total. The van der Waals surface area contributed by atoms with Gasteiger partial charge in [0.15, 0.2) is 0 Å². The van der Waals surface area contributed by atoms with Gasteiger partial charge in [0.05, 0.1) is 6.54 Å². The molecule has 3 heterocycles. The van der Waals surface area contributed by atoms with Crippen LogP contribution in [-0.4, -0.2) is 91.0 Å². The molecule has 3 aliphatic rings. The van der Waals surface area contributed by atoms with E-state index in [2.05, 4.69) is 17.0 Å². The molecule has 3 amide bonds. The Kier molecular flexibility index (Phi) is 10.2. The second-order valence-corrected chi connectivity index (χ2v) is 10.5. The number of ether oxygens (including phenoxy) is 2. The van der Waals surface area contributed by atoms with Crippen LogP contribution in [0.15, 0.2) is 24.3 Å². The molecule has 0 saturated carbocycles. The molecule has 3 aliphatic heterocycles. The summed E-state index contributed by atoms with van der Waals surface area (Å²) in [6.07, 6.45) is 7.67. The highest BCUT2D eigenvalue weighted by atomic mass is 16.5. The molecule has 8 heteroatoms. The van der Waals surface area contributed by atoms with Gasteiger partial charge in [0, 0.05) is 51.2 Å². The lowest BCUT2D eigenvalue weighted by Gasteiger charge is -2.36. The van der Waals surface area contributed by atoms with Gasteiger partial charge >= 0.3 is 0 Å². The molecular weight excluding hydrogens is 470 g/mol. The van der Waals surface area contributed by atoms with Crippen LogP contribution in [0.4, 0.5) is 0 Å². The molecule has 1 unspecified atom stereocenters. The van der Waals surface area contributed by atoms with Gasteiger partial charge in [-0.15, -0.1) is 0 Å². The number of hydrogen-bond donors (Lipinski definition) is 0. The van der Waals surface area contributed by atoms with Gasteiger partial charge < -0.3 is 24.2 Å². The Hall–Kier alpha value is -2.61. The number of piperidine rings is 2. The van der Waals surface area contributed by atoms with Crippen LogP contribution in [0.5, 0.6) is 5.75 Å². The summed E-state index contributed by atoms with van der Waals surface area (Å²) in [6, 6.07) is 8.51. The van der Waals surface area contributed by atoms with E-state index in [1.807, 2.05) is 24.0 Å². The summed E-state index contributed by atoms with van der Waals surface area (Å²) in [5.74, 6) is 1.05. The average molecular weight is 514 g/mol. The van der Waals surface area contributed by atoms with Gasteiger partial charge in [-0.1, -0.05) is 12.1 Å². The summed E-state index contributed by atoms with van der Waals surface area (Å²) in [6.45, 7) is 5.96. The van der Waals surface area contributed by atoms with E-state index >= 15 is 0 Å². The Bertz CT molecular complexity index is 915. The fourth-order valence-electron chi connectivity index (χ4n) is 5.84. The number of likely N-dealkylation sites (tertiary alicyclic amines) is 1. The molecule has 0 radical (unpaired) electrons. The van der Waals surface area contributed by atoms with Crippen molar-refractivity contribution in [1.82, 2.24) is 14.7 Å². The van der Waals surface area contributed by atoms with E-state index in [1.54, 1.807) is 4.90 Å². The average Bonchev–Trinajstić information content (AvgIpc) is 2.94. The molecule has 204 valence electrons. The molecule has 1 aromatic carbocycles. The van der Waals surface area contributed by atoms with Gasteiger partial charge in [0.1, 0.15) is 19.0 Å². The van der Waals surface area contributed by atoms with Crippen molar-refractivity contribution >= 4 is 17.7 Å². The van der Waals surface area contributed by atoms with E-state index in [4.69, 9.17) is 9.47 Å². The molecule has 0 spiro atoms. The number of amides is 3. The monoisotopic (exact) mass is 513 g/mol. The minimum atomic E-state index is -0.108. The van der Waals surface area contributed by atoms with E-state index in [9.17, 15) is 14.4 Å². The number of rotatable bonds is 4. The minimum absolute atomic E-state index is 0.00729. The van der Waals surface area contributed by atoms with E-state index < -0.39 is 0 Å². The van der Waals surface area contributed by atoms with Crippen LogP contribution >= 0.6 is 0 Å². The first-order chi connectivity index (χ1) is 18.0. The van der Waals surface area contributed by atoms with Crippen molar-refractivity contribution in [3.63, 3.8) is 0 Å². The summed E-state index contributed by atoms with van der Waals surface area (Å²) in [5.41, 5.74) is 1.23. The number of carbonyl (C=O) groups excluding carboxylic acids is 3. The zero-order chi connectivity index (χ0) is 26.0. The molecule has 8 nitrogen and oxygen atoms in total. The van der Waals surface area contributed by atoms with Gasteiger partial charge in [-0.2, -0.15) is 0 Å². The Morgan fingerprint density at radius 3 is 2.59 bits per heavy atom. The van der Waals surface area contributed by atoms with Gasteiger partial charge in [-0.05, 0) is 76.0 Å². The fraction of sp³-hybridized carbons (Fsp3) is 0.690. The largest absolute Gasteiger partial charge is 0.492 e. The lowest BCUT2D eigenvalue weighted by molar-refractivity contribution is -0.143. The standard InChI is InChI=1S/C29H43N3O5/c1-2-36-22-28(34)30-17-13-24(14-18-30)29(35)31-15-6-10-27(33)32-16-4-3-8-25(32)12-11-23-7-5-9-26(21-23)37-20-19-31/h5,7,9,21,24-25H,2-4,6,8,10-20,22H2,1H3. The maximum atomic E-state index is 13.5. The van der Waals surface area contributed by atoms with Crippen LogP contribution in [0.25, 0.3) is 0 Å². The molecule has 2 bridgehead atoms. The normalized spacial score (nSPS) is 22.5. The molecule has 4 rings (SSSR count). The van der Waals surface area contributed by atoms with Crippen molar-refractivity contribution in [3.05, 3.63) is 29.8 Å². The third kappa shape index (κ3) is 7.69. The minimum Gasteiger partial charge on any atom is -0.492 e. The van der Waals surface area contributed by atoms with Gasteiger partial charge in [0.2, 0.25) is 17.7 Å². The van der Waals surface area contributed by atoms with E-state index in [1.165, 1.54) is 12.0 Å². The second-order valence-electron chi connectivity index (χ2n) is 10.5. The van der Waals surface area contributed by atoms with Crippen LogP contribution in [0.2, 0.25) is 0 Å². The predicted octanol–water partition coefficient (Wildman–Crippen LogP) is 3.28. The van der Waals surface area contributed by atoms with Crippen LogP contribution in [0.1, 0.15) is 63.9 Å². The number of fused-ring (bicyclic) bond motifs is 3. The molecule has 2 saturated heterocycles. The van der Waals surface area contributed by atoms with Gasteiger partial charge in [0.25, 0.3) is 0 Å². The van der Waals surface area contributed by atoms with Crippen LogP contribution < -0.4 is 4.74 Å². The maximum Gasteiger partial charge on any atom is 0.248 e. The molecule has 0 aromatic heterocycles. The molecule has 2 fully saturated rings. The topological polar surface area (TPSA) is 79.4 Å². The fourth-order valence-corrected chi connectivity index (χ4v) is 5.84. The van der Waals surface area contributed by atoms with Crippen molar-refractivity contribution in [1.29, 1.82) is 0 Å². The first kappa shape index (κ1) is 27.4. The summed E-state index contributed by atoms with van der Waals surface area (Å²) >= 11 is 0. The zero-order valence-corrected chi connectivity index (χ0v) is 22.4. The molecule has 37 heavy (non-hydrogen) atoms. The van der Waals surface area contributed by atoms with Crippen LogP contribution in [0.3, 0.4) is 0 Å². The smallest absolute Gasteiger partial charge is 0.248 e. The van der Waals surface area contributed by atoms with E-state index in [-0.39, 0.29) is 30.2 Å². The van der Waals surface area contributed by atoms with Crippen molar-refractivity contribution in [3.8, 4) is 5.75 Å². The second kappa shape index (κ2) is 13.8. The van der Waals surface area contributed by atoms with Crippen molar-refractivity contribution < 1.29 is 23.9 Å². The summed E-state index contributed by atoms with van der Waals surface area (Å²) in [5, 5.41) is 0. The Morgan fingerprint density at radius 2 is 1.78 bits per heavy atom. The van der Waals surface area contributed by atoms with E-state index in [0.29, 0.717) is 71.1 Å². The van der Waals surface area contributed by atoms with Gasteiger partial charge in [-0.25, -0.2) is 0 Å². The maximum absolute atomic E-state index is 13.5. The number of nitrogens with zero attached hydrogens (tertiary/aromatic N) is 3. The van der Waals surface area contributed by atoms with Crippen molar-refractivity contribution in [2.75, 3.05) is 52.5 Å². The third-order valence-electron chi connectivity index (χ3n) is 8.00. The SMILES string of the molecule is CCOCC(=O)N1CCC(C(=O)N2CCCC(=O)N3CCCCC3CCc3cccc(c3)OCC2)CC1. The lowest BCUT2D eigenvalue weighted by atomic mass is 9.94. The lowest BCUT2D eigenvalue weighted by Crippen LogP contribution is -2.46. The van der Waals surface area contributed by atoms with Crippen molar-refractivity contribution in [2.45, 2.75) is 70.8 Å². The zero-order valence-electron chi connectivity index (χ0n) is 22.4. The molecular formula is C29H43N3O5. The highest BCUT2D eigenvalue weighted by molar-refractivity contribution is 5.81. The predicted molar refractivity (Wildman–Crippen MR) is 141 cm³/mol. The Morgan fingerprint density at radius 1 is 0.946 bits per heavy atom. The quantitative estimate of drug-likeness (QED) is 0.618. The highest BCUT2D eigenvalue weighted by Crippen LogP contribution is 2.25. The van der Waals surface area contributed by atoms with Gasteiger partial charge in [-0.3, -0.25) is 14.4 Å².